The van der Waals surface area contributed by atoms with Crippen LogP contribution in [-0.4, -0.2) is 56.6 Å². The van der Waals surface area contributed by atoms with E-state index >= 15 is 0 Å². The Labute approximate surface area is 146 Å². The second kappa shape index (κ2) is 7.17. The number of ether oxygens (including phenoxy) is 1. The monoisotopic (exact) mass is 414 g/mol. The average Bonchev–Trinajstić information content (AvgIpc) is 2.43. The molecule has 0 bridgehead atoms. The molecule has 0 unspecified atom stereocenters. The number of anilines is 2. The first kappa shape index (κ1) is 21.2. The Morgan fingerprint density at radius 1 is 1.08 bits per heavy atom. The van der Waals surface area contributed by atoms with E-state index in [1.165, 1.54) is 6.92 Å². The van der Waals surface area contributed by atoms with E-state index in [4.69, 9.17) is 0 Å². The molecule has 13 heteroatoms. The number of methoxy groups -OCH3 is 1. The molecule has 0 heterocycles. The molecule has 0 saturated heterocycles. The molecule has 0 fully saturated rings. The van der Waals surface area contributed by atoms with Gasteiger partial charge in [0.2, 0.25) is 30.1 Å². The standard InChI is InChI=1S/C12H18N2O8S3/c1-5-25(20,21)13-11-8-9(6-7-10(11)12(15)22-2)14(23(3,16)17)24(4,18)19/h6-8,13H,5H2,1-4H3. The summed E-state index contributed by atoms with van der Waals surface area (Å²) in [5.74, 6) is -1.20. The number of benzene rings is 1. The molecular formula is C12H18N2O8S3. The van der Waals surface area contributed by atoms with Crippen molar-refractivity contribution in [3.63, 3.8) is 0 Å². The van der Waals surface area contributed by atoms with E-state index in [0.29, 0.717) is 12.5 Å². The number of carbonyl (C=O) groups excluding carboxylic acids is 1. The minimum Gasteiger partial charge on any atom is -0.465 e. The molecule has 0 atom stereocenters. The van der Waals surface area contributed by atoms with E-state index in [-0.39, 0.29) is 26.4 Å². The Balaban J connectivity index is 3.69. The van der Waals surface area contributed by atoms with Crippen molar-refractivity contribution in [3.05, 3.63) is 23.8 Å². The minimum absolute atomic E-state index is 0.130. The Hall–Kier alpha value is -1.86. The predicted octanol–water partition coefficient (Wildman–Crippen LogP) is -0.0396. The number of hydrogen-bond donors (Lipinski definition) is 1. The van der Waals surface area contributed by atoms with Gasteiger partial charge in [0.1, 0.15) is 0 Å². The first-order valence-electron chi connectivity index (χ1n) is 6.66. The Bertz CT molecular complexity index is 949. The van der Waals surface area contributed by atoms with Crippen LogP contribution in [0.2, 0.25) is 0 Å². The summed E-state index contributed by atoms with van der Waals surface area (Å²) >= 11 is 0. The maximum absolute atomic E-state index is 11.8. The fraction of sp³-hybridized carbons (Fsp3) is 0.417. The largest absolute Gasteiger partial charge is 0.465 e. The topological polar surface area (TPSA) is 144 Å². The van der Waals surface area contributed by atoms with E-state index in [1.54, 1.807) is 0 Å². The molecule has 0 aliphatic rings. The zero-order chi connectivity index (χ0) is 19.6. The van der Waals surface area contributed by atoms with Gasteiger partial charge in [0, 0.05) is 0 Å². The van der Waals surface area contributed by atoms with Crippen LogP contribution in [0.3, 0.4) is 0 Å². The van der Waals surface area contributed by atoms with Crippen molar-refractivity contribution in [2.45, 2.75) is 6.92 Å². The molecule has 1 N–H and O–H groups in total. The van der Waals surface area contributed by atoms with Gasteiger partial charge in [-0.15, -0.1) is 0 Å². The molecule has 0 amide bonds. The van der Waals surface area contributed by atoms with Crippen molar-refractivity contribution in [2.24, 2.45) is 0 Å². The maximum atomic E-state index is 11.8. The number of sulfonamides is 3. The van der Waals surface area contributed by atoms with Crippen LogP contribution in [0.25, 0.3) is 0 Å². The highest BCUT2D eigenvalue weighted by Gasteiger charge is 2.29. The highest BCUT2D eigenvalue weighted by Crippen LogP contribution is 2.28. The number of hydrogen-bond acceptors (Lipinski definition) is 8. The number of nitrogens with zero attached hydrogens (tertiary/aromatic N) is 1. The lowest BCUT2D eigenvalue weighted by molar-refractivity contribution is 0.0602. The van der Waals surface area contributed by atoms with Gasteiger partial charge in [-0.1, -0.05) is 0 Å². The molecule has 0 radical (unpaired) electrons. The SMILES string of the molecule is CCS(=O)(=O)Nc1cc(N(S(C)(=O)=O)S(C)(=O)=O)ccc1C(=O)OC. The Morgan fingerprint density at radius 3 is 2.00 bits per heavy atom. The van der Waals surface area contributed by atoms with Gasteiger partial charge in [0.05, 0.1) is 42.3 Å². The van der Waals surface area contributed by atoms with E-state index in [0.717, 1.165) is 25.3 Å². The van der Waals surface area contributed by atoms with Crippen molar-refractivity contribution in [1.29, 1.82) is 0 Å². The van der Waals surface area contributed by atoms with Gasteiger partial charge in [-0.05, 0) is 25.1 Å². The lowest BCUT2D eigenvalue weighted by Gasteiger charge is -2.21. The van der Waals surface area contributed by atoms with Crippen molar-refractivity contribution >= 4 is 47.4 Å². The van der Waals surface area contributed by atoms with Crippen LogP contribution in [0.4, 0.5) is 11.4 Å². The average molecular weight is 414 g/mol. The molecule has 1 aromatic carbocycles. The molecule has 0 aliphatic heterocycles. The van der Waals surface area contributed by atoms with Gasteiger partial charge < -0.3 is 4.74 Å². The van der Waals surface area contributed by atoms with Crippen LogP contribution in [0.1, 0.15) is 17.3 Å². The quantitative estimate of drug-likeness (QED) is 0.612. The number of rotatable bonds is 7. The summed E-state index contributed by atoms with van der Waals surface area (Å²) < 4.78 is 77.6. The van der Waals surface area contributed by atoms with Crippen LogP contribution in [0.15, 0.2) is 18.2 Å². The van der Waals surface area contributed by atoms with Gasteiger partial charge >= 0.3 is 5.97 Å². The summed E-state index contributed by atoms with van der Waals surface area (Å²) in [6, 6.07) is 3.05. The first-order valence-corrected chi connectivity index (χ1v) is 12.0. The van der Waals surface area contributed by atoms with E-state index < -0.39 is 36.0 Å². The van der Waals surface area contributed by atoms with Crippen molar-refractivity contribution in [2.75, 3.05) is 33.8 Å². The fourth-order valence-corrected chi connectivity index (χ4v) is 5.50. The van der Waals surface area contributed by atoms with Crippen LogP contribution in [0, 0.1) is 0 Å². The second-order valence-electron chi connectivity index (χ2n) is 4.95. The molecular weight excluding hydrogens is 396 g/mol. The molecule has 0 aliphatic carbocycles. The van der Waals surface area contributed by atoms with Gasteiger partial charge in [-0.3, -0.25) is 4.72 Å². The lowest BCUT2D eigenvalue weighted by Crippen LogP contribution is -2.35. The van der Waals surface area contributed by atoms with Gasteiger partial charge in [0.25, 0.3) is 0 Å². The van der Waals surface area contributed by atoms with Crippen molar-refractivity contribution < 1.29 is 34.8 Å². The van der Waals surface area contributed by atoms with Crippen LogP contribution in [-0.2, 0) is 34.8 Å². The zero-order valence-electron chi connectivity index (χ0n) is 13.9. The summed E-state index contributed by atoms with van der Waals surface area (Å²) in [7, 11) is -11.2. The summed E-state index contributed by atoms with van der Waals surface area (Å²) in [6.45, 7) is 1.35. The van der Waals surface area contributed by atoms with E-state index in [1.807, 2.05) is 0 Å². The molecule has 0 saturated carbocycles. The van der Waals surface area contributed by atoms with Crippen LogP contribution >= 0.6 is 0 Å². The molecule has 0 aromatic heterocycles. The van der Waals surface area contributed by atoms with Gasteiger partial charge in [0.15, 0.2) is 0 Å². The molecule has 1 rings (SSSR count). The molecule has 0 spiro atoms. The second-order valence-corrected chi connectivity index (χ2v) is 10.9. The normalized spacial score (nSPS) is 12.5. The predicted molar refractivity (Wildman–Crippen MR) is 93.0 cm³/mol. The van der Waals surface area contributed by atoms with Crippen molar-refractivity contribution in [3.8, 4) is 0 Å². The molecule has 142 valence electrons. The first-order chi connectivity index (χ1) is 11.2. The summed E-state index contributed by atoms with van der Waals surface area (Å²) in [4.78, 5) is 11.8. The Kier molecular flexibility index (Phi) is 6.08. The Morgan fingerprint density at radius 2 is 1.60 bits per heavy atom. The fourth-order valence-electron chi connectivity index (χ4n) is 1.89. The van der Waals surface area contributed by atoms with E-state index in [9.17, 15) is 30.0 Å². The van der Waals surface area contributed by atoms with Crippen LogP contribution in [0.5, 0.6) is 0 Å². The van der Waals surface area contributed by atoms with Gasteiger partial charge in [-0.2, -0.15) is 3.71 Å². The lowest BCUT2D eigenvalue weighted by atomic mass is 10.1. The number of carbonyl (C=O) groups is 1. The minimum atomic E-state index is -4.23. The van der Waals surface area contributed by atoms with E-state index in [2.05, 4.69) is 9.46 Å². The number of esters is 1. The maximum Gasteiger partial charge on any atom is 0.339 e. The highest BCUT2D eigenvalue weighted by molar-refractivity contribution is 8.09. The summed E-state index contributed by atoms with van der Waals surface area (Å²) in [5, 5.41) is 0. The molecule has 1 aromatic rings. The summed E-state index contributed by atoms with van der Waals surface area (Å²) in [5.41, 5.74) is -0.861. The van der Waals surface area contributed by atoms with Crippen molar-refractivity contribution in [1.82, 2.24) is 0 Å². The smallest absolute Gasteiger partial charge is 0.339 e. The third-order valence-electron chi connectivity index (χ3n) is 2.87. The van der Waals surface area contributed by atoms with Crippen LogP contribution < -0.4 is 8.43 Å². The number of nitrogens with one attached hydrogen (secondary N) is 1. The third-order valence-corrected chi connectivity index (χ3v) is 7.41. The molecule has 25 heavy (non-hydrogen) atoms. The third kappa shape index (κ3) is 5.31. The summed E-state index contributed by atoms with van der Waals surface area (Å²) in [6.07, 6.45) is 1.36. The van der Waals surface area contributed by atoms with Gasteiger partial charge in [-0.25, -0.2) is 30.0 Å². The highest BCUT2D eigenvalue weighted by atomic mass is 32.3. The molecule has 10 nitrogen and oxygen atoms in total. The zero-order valence-corrected chi connectivity index (χ0v) is 16.3.